The van der Waals surface area contributed by atoms with Crippen molar-refractivity contribution in [1.29, 1.82) is 0 Å². The Morgan fingerprint density at radius 1 is 1.41 bits per heavy atom. The van der Waals surface area contributed by atoms with Crippen molar-refractivity contribution >= 4 is 31.9 Å². The van der Waals surface area contributed by atoms with Gasteiger partial charge in [-0.25, -0.2) is 4.79 Å². The van der Waals surface area contributed by atoms with Gasteiger partial charge in [-0.3, -0.25) is 9.36 Å². The number of rotatable bonds is 3. The van der Waals surface area contributed by atoms with Gasteiger partial charge in [-0.05, 0) is 0 Å². The molecule has 9 heteroatoms. The van der Waals surface area contributed by atoms with Crippen LogP contribution in [0.15, 0.2) is 15.7 Å². The molecule has 1 atom stereocenters. The van der Waals surface area contributed by atoms with Crippen LogP contribution in [0.5, 0.6) is 0 Å². The van der Waals surface area contributed by atoms with Crippen LogP contribution in [0.4, 0.5) is 13.2 Å². The van der Waals surface area contributed by atoms with Crippen molar-refractivity contribution in [3.63, 3.8) is 0 Å². The number of nitrogens with one attached hydrogen (secondary N) is 1. The maximum Gasteiger partial charge on any atom is 0.431 e. The van der Waals surface area contributed by atoms with Gasteiger partial charge in [-0.2, -0.15) is 13.2 Å². The molecule has 0 bridgehead atoms. The Morgan fingerprint density at radius 2 is 2.00 bits per heavy atom. The number of aromatic amines is 1. The third-order valence-corrected chi connectivity index (χ3v) is 4.14. The van der Waals surface area contributed by atoms with E-state index in [0.717, 1.165) is 0 Å². The largest absolute Gasteiger partial charge is 0.431 e. The minimum atomic E-state index is -4.74. The van der Waals surface area contributed by atoms with Crippen LogP contribution in [0, 0.1) is 0 Å². The van der Waals surface area contributed by atoms with E-state index in [2.05, 4.69) is 31.9 Å². The number of hydrogen-bond acceptors (Lipinski definition) is 2. The van der Waals surface area contributed by atoms with E-state index in [0.29, 0.717) is 16.0 Å². The topological polar surface area (TPSA) is 54.9 Å². The van der Waals surface area contributed by atoms with Crippen molar-refractivity contribution in [2.45, 2.75) is 17.5 Å². The average molecular weight is 380 g/mol. The number of alkyl halides is 5. The lowest BCUT2D eigenvalue weighted by Gasteiger charge is -2.10. The van der Waals surface area contributed by atoms with Gasteiger partial charge < -0.3 is 4.98 Å². The molecule has 96 valence electrons. The smallest absolute Gasteiger partial charge is 0.303 e. The Labute approximate surface area is 110 Å². The van der Waals surface area contributed by atoms with Crippen LogP contribution in [-0.4, -0.2) is 19.7 Å². The lowest BCUT2D eigenvalue weighted by molar-refractivity contribution is -0.141. The van der Waals surface area contributed by atoms with Gasteiger partial charge >= 0.3 is 11.9 Å². The predicted octanol–water partition coefficient (Wildman–Crippen LogP) is 1.71. The quantitative estimate of drug-likeness (QED) is 0.813. The van der Waals surface area contributed by atoms with E-state index in [9.17, 15) is 22.8 Å². The standard InChI is InChI=1S/C8H7Br2F3N2O2/c9-2-4(10)3-15-6(16)1-5(8(11,12)13)14-7(15)17/h1,4H,2-3H2,(H,14,17). The molecule has 0 fully saturated rings. The van der Waals surface area contributed by atoms with Crippen molar-refractivity contribution < 1.29 is 13.2 Å². The highest BCUT2D eigenvalue weighted by Gasteiger charge is 2.32. The van der Waals surface area contributed by atoms with Gasteiger partial charge in [-0.1, -0.05) is 31.9 Å². The molecule has 17 heavy (non-hydrogen) atoms. The van der Waals surface area contributed by atoms with Crippen molar-refractivity contribution in [1.82, 2.24) is 9.55 Å². The average Bonchev–Trinajstić information content (AvgIpc) is 2.21. The van der Waals surface area contributed by atoms with Gasteiger partial charge in [0.1, 0.15) is 5.69 Å². The fraction of sp³-hybridized carbons (Fsp3) is 0.500. The fourth-order valence-electron chi connectivity index (χ4n) is 1.09. The van der Waals surface area contributed by atoms with Crippen LogP contribution < -0.4 is 11.2 Å². The molecule has 1 heterocycles. The minimum absolute atomic E-state index is 0.0163. The summed E-state index contributed by atoms with van der Waals surface area (Å²) >= 11 is 6.27. The molecule has 0 amide bonds. The number of hydrogen-bond donors (Lipinski definition) is 1. The number of nitrogens with zero attached hydrogens (tertiary/aromatic N) is 1. The van der Waals surface area contributed by atoms with Crippen LogP contribution in [0.25, 0.3) is 0 Å². The zero-order chi connectivity index (χ0) is 13.2. The van der Waals surface area contributed by atoms with E-state index < -0.39 is 23.1 Å². The maximum absolute atomic E-state index is 12.3. The van der Waals surface area contributed by atoms with Crippen molar-refractivity contribution in [2.24, 2.45) is 0 Å². The summed E-state index contributed by atoms with van der Waals surface area (Å²) in [6.07, 6.45) is -4.74. The Kier molecular flexibility index (Phi) is 4.59. The monoisotopic (exact) mass is 378 g/mol. The molecule has 0 spiro atoms. The van der Waals surface area contributed by atoms with Gasteiger partial charge in [0, 0.05) is 22.8 Å². The van der Waals surface area contributed by atoms with Gasteiger partial charge in [0.15, 0.2) is 0 Å². The number of aromatic nitrogens is 2. The highest BCUT2D eigenvalue weighted by atomic mass is 79.9. The first-order chi connectivity index (χ1) is 7.75. The molecule has 1 N–H and O–H groups in total. The molecule has 1 rings (SSSR count). The molecule has 0 aliphatic heterocycles. The SMILES string of the molecule is O=c1cc(C(F)(F)F)[nH]c(=O)n1CC(Br)CBr. The lowest BCUT2D eigenvalue weighted by Crippen LogP contribution is -2.39. The van der Waals surface area contributed by atoms with Crippen LogP contribution >= 0.6 is 31.9 Å². The normalized spacial score (nSPS) is 13.7. The molecular weight excluding hydrogens is 373 g/mol. The molecule has 1 aromatic heterocycles. The zero-order valence-corrected chi connectivity index (χ0v) is 11.4. The maximum atomic E-state index is 12.3. The lowest BCUT2D eigenvalue weighted by atomic mass is 10.4. The van der Waals surface area contributed by atoms with E-state index in [1.165, 1.54) is 0 Å². The van der Waals surface area contributed by atoms with Gasteiger partial charge in [0.05, 0.1) is 0 Å². The number of halogens is 5. The van der Waals surface area contributed by atoms with Crippen LogP contribution in [-0.2, 0) is 12.7 Å². The van der Waals surface area contributed by atoms with E-state index in [4.69, 9.17) is 0 Å². The first-order valence-corrected chi connectivity index (χ1v) is 6.41. The van der Waals surface area contributed by atoms with Crippen molar-refractivity contribution in [2.75, 3.05) is 5.33 Å². The van der Waals surface area contributed by atoms with Crippen molar-refractivity contribution in [3.05, 3.63) is 32.6 Å². The molecule has 0 aliphatic carbocycles. The molecular formula is C8H7Br2F3N2O2. The van der Waals surface area contributed by atoms with E-state index in [-0.39, 0.29) is 11.4 Å². The first-order valence-electron chi connectivity index (χ1n) is 4.37. The Balaban J connectivity index is 3.21. The van der Waals surface area contributed by atoms with Gasteiger partial charge in [-0.15, -0.1) is 0 Å². The highest BCUT2D eigenvalue weighted by molar-refractivity contribution is 9.12. The summed E-state index contributed by atoms with van der Waals surface area (Å²) in [4.78, 5) is 24.1. The molecule has 4 nitrogen and oxygen atoms in total. The van der Waals surface area contributed by atoms with Crippen LogP contribution in [0.1, 0.15) is 5.69 Å². The van der Waals surface area contributed by atoms with Crippen LogP contribution in [0.3, 0.4) is 0 Å². The third kappa shape index (κ3) is 3.70. The summed E-state index contributed by atoms with van der Waals surface area (Å²) in [6, 6.07) is 0.370. The predicted molar refractivity (Wildman–Crippen MR) is 62.8 cm³/mol. The summed E-state index contributed by atoms with van der Waals surface area (Å²) in [5, 5.41) is 0.458. The Bertz CT molecular complexity index is 477. The Hall–Kier alpha value is -0.570. The summed E-state index contributed by atoms with van der Waals surface area (Å²) in [7, 11) is 0. The van der Waals surface area contributed by atoms with E-state index >= 15 is 0 Å². The first kappa shape index (κ1) is 14.5. The van der Waals surface area contributed by atoms with E-state index in [1.807, 2.05) is 0 Å². The second-order valence-corrected chi connectivity index (χ2v) is 5.13. The van der Waals surface area contributed by atoms with Gasteiger partial charge in [0.25, 0.3) is 5.56 Å². The van der Waals surface area contributed by atoms with E-state index in [1.54, 1.807) is 4.98 Å². The molecule has 1 unspecified atom stereocenters. The summed E-state index contributed by atoms with van der Waals surface area (Å²) < 4.78 is 37.5. The molecule has 0 aliphatic rings. The molecule has 0 saturated carbocycles. The molecule has 0 aromatic carbocycles. The summed E-state index contributed by atoms with van der Waals surface area (Å²) in [5.74, 6) is 0. The van der Waals surface area contributed by atoms with Gasteiger partial charge in [0.2, 0.25) is 0 Å². The highest BCUT2D eigenvalue weighted by Crippen LogP contribution is 2.25. The minimum Gasteiger partial charge on any atom is -0.303 e. The molecule has 1 aromatic rings. The Morgan fingerprint density at radius 3 is 2.41 bits per heavy atom. The second-order valence-electron chi connectivity index (χ2n) is 3.19. The third-order valence-electron chi connectivity index (χ3n) is 1.87. The number of H-pyrrole nitrogens is 1. The zero-order valence-electron chi connectivity index (χ0n) is 8.22. The molecule has 0 saturated heterocycles. The molecule has 0 radical (unpaired) electrons. The van der Waals surface area contributed by atoms with Crippen molar-refractivity contribution in [3.8, 4) is 0 Å². The second kappa shape index (κ2) is 5.38. The van der Waals surface area contributed by atoms with Crippen LogP contribution in [0.2, 0.25) is 0 Å². The summed E-state index contributed by atoms with van der Waals surface area (Å²) in [6.45, 7) is -0.0163. The fourth-order valence-corrected chi connectivity index (χ4v) is 1.59. The summed E-state index contributed by atoms with van der Waals surface area (Å²) in [5.41, 5.74) is -3.39.